The van der Waals surface area contributed by atoms with E-state index in [1.807, 2.05) is 24.3 Å². The molecule has 3 aliphatic rings. The number of nitrogens with zero attached hydrogens (tertiary/aromatic N) is 1. The molecular weight excluding hydrogens is 330 g/mol. The number of likely N-dealkylation sites (tertiary alicyclic amines) is 1. The number of para-hydroxylation sites is 1. The van der Waals surface area contributed by atoms with Gasteiger partial charge in [0.05, 0.1) is 6.04 Å². The van der Waals surface area contributed by atoms with Crippen molar-refractivity contribution in [3.8, 4) is 5.75 Å². The van der Waals surface area contributed by atoms with Gasteiger partial charge in [-0.25, -0.2) is 4.79 Å². The lowest BCUT2D eigenvalue weighted by Crippen LogP contribution is -2.52. The molecule has 1 aromatic rings. The van der Waals surface area contributed by atoms with Gasteiger partial charge in [-0.2, -0.15) is 0 Å². The van der Waals surface area contributed by atoms with E-state index < -0.39 is 0 Å². The molecular formula is C20H27N3O3. The van der Waals surface area contributed by atoms with Crippen LogP contribution in [0.25, 0.3) is 0 Å². The average Bonchev–Trinajstić information content (AvgIpc) is 3.30. The van der Waals surface area contributed by atoms with Gasteiger partial charge in [0.2, 0.25) is 5.91 Å². The van der Waals surface area contributed by atoms with Gasteiger partial charge in [-0.15, -0.1) is 0 Å². The lowest BCUT2D eigenvalue weighted by molar-refractivity contribution is -0.125. The highest BCUT2D eigenvalue weighted by Crippen LogP contribution is 2.32. The van der Waals surface area contributed by atoms with E-state index in [0.29, 0.717) is 13.2 Å². The van der Waals surface area contributed by atoms with Gasteiger partial charge in [0.15, 0.2) is 0 Å². The molecule has 2 heterocycles. The van der Waals surface area contributed by atoms with Crippen LogP contribution < -0.4 is 15.4 Å². The number of carbonyl (C=O) groups is 2. The average molecular weight is 357 g/mol. The highest BCUT2D eigenvalue weighted by Gasteiger charge is 2.37. The fraction of sp³-hybridized carbons (Fsp3) is 0.600. The van der Waals surface area contributed by atoms with Crippen molar-refractivity contribution >= 4 is 11.9 Å². The molecule has 1 aromatic carbocycles. The molecule has 0 spiro atoms. The maximum Gasteiger partial charge on any atom is 0.318 e. The van der Waals surface area contributed by atoms with Crippen LogP contribution in [0.15, 0.2) is 24.3 Å². The second-order valence-electron chi connectivity index (χ2n) is 7.55. The van der Waals surface area contributed by atoms with E-state index in [4.69, 9.17) is 4.74 Å². The molecule has 0 bridgehead atoms. The molecule has 26 heavy (non-hydrogen) atoms. The number of hydrogen-bond acceptors (Lipinski definition) is 3. The van der Waals surface area contributed by atoms with Crippen LogP contribution >= 0.6 is 0 Å². The summed E-state index contributed by atoms with van der Waals surface area (Å²) < 4.78 is 5.64. The van der Waals surface area contributed by atoms with Gasteiger partial charge in [-0.05, 0) is 31.7 Å². The minimum atomic E-state index is -0.383. The summed E-state index contributed by atoms with van der Waals surface area (Å²) in [7, 11) is 0. The van der Waals surface area contributed by atoms with Crippen molar-refractivity contribution in [1.29, 1.82) is 0 Å². The molecule has 2 aliphatic heterocycles. The molecule has 6 nitrogen and oxygen atoms in total. The molecule has 1 saturated carbocycles. The van der Waals surface area contributed by atoms with Crippen LogP contribution in [0.4, 0.5) is 4.79 Å². The first-order valence-electron chi connectivity index (χ1n) is 9.81. The maximum atomic E-state index is 12.8. The fourth-order valence-electron chi connectivity index (χ4n) is 4.34. The largest absolute Gasteiger partial charge is 0.491 e. The van der Waals surface area contributed by atoms with Crippen molar-refractivity contribution in [2.24, 2.45) is 0 Å². The van der Waals surface area contributed by atoms with Crippen LogP contribution in [-0.4, -0.2) is 42.1 Å². The molecule has 4 rings (SSSR count). The molecule has 1 saturated heterocycles. The van der Waals surface area contributed by atoms with E-state index in [1.54, 1.807) is 4.90 Å². The number of fused-ring (bicyclic) bond motifs is 1. The minimum absolute atomic E-state index is 0.0772. The Balaban J connectivity index is 1.37. The first kappa shape index (κ1) is 17.2. The lowest BCUT2D eigenvalue weighted by Gasteiger charge is -2.29. The summed E-state index contributed by atoms with van der Waals surface area (Å²) in [6.07, 6.45) is 7.30. The van der Waals surface area contributed by atoms with Gasteiger partial charge >= 0.3 is 6.03 Å². The van der Waals surface area contributed by atoms with E-state index >= 15 is 0 Å². The summed E-state index contributed by atoms with van der Waals surface area (Å²) in [6, 6.07) is 7.43. The number of benzene rings is 1. The van der Waals surface area contributed by atoms with Crippen LogP contribution in [0.3, 0.4) is 0 Å². The van der Waals surface area contributed by atoms with Gasteiger partial charge in [0.25, 0.3) is 0 Å². The number of hydrogen-bond donors (Lipinski definition) is 2. The van der Waals surface area contributed by atoms with Crippen molar-refractivity contribution in [3.05, 3.63) is 29.8 Å². The highest BCUT2D eigenvalue weighted by molar-refractivity contribution is 5.88. The van der Waals surface area contributed by atoms with Gasteiger partial charge in [0.1, 0.15) is 18.4 Å². The summed E-state index contributed by atoms with van der Waals surface area (Å²) in [6.45, 7) is 1.10. The first-order valence-corrected chi connectivity index (χ1v) is 9.81. The second kappa shape index (κ2) is 7.56. The molecule has 0 radical (unpaired) electrons. The minimum Gasteiger partial charge on any atom is -0.491 e. The topological polar surface area (TPSA) is 70.7 Å². The van der Waals surface area contributed by atoms with Gasteiger partial charge in [0, 0.05) is 18.2 Å². The van der Waals surface area contributed by atoms with Gasteiger partial charge in [-0.1, -0.05) is 37.5 Å². The summed E-state index contributed by atoms with van der Waals surface area (Å²) in [5.74, 6) is 0.753. The smallest absolute Gasteiger partial charge is 0.318 e. The number of ether oxygens (including phenoxy) is 1. The predicted octanol–water partition coefficient (Wildman–Crippen LogP) is 2.74. The second-order valence-corrected chi connectivity index (χ2v) is 7.55. The van der Waals surface area contributed by atoms with Crippen molar-refractivity contribution in [2.45, 2.75) is 63.1 Å². The molecule has 0 aromatic heterocycles. The SMILES string of the molecule is O=C(N[C@H]1COc2ccccc21)[C@H]1CCCN1C(=O)NC1CCCCC1. The van der Waals surface area contributed by atoms with E-state index in [-0.39, 0.29) is 30.1 Å². The third-order valence-corrected chi connectivity index (χ3v) is 5.77. The number of rotatable bonds is 3. The first-order chi connectivity index (χ1) is 12.7. The van der Waals surface area contributed by atoms with E-state index in [0.717, 1.165) is 37.0 Å². The van der Waals surface area contributed by atoms with Gasteiger partial charge in [-0.3, -0.25) is 4.79 Å². The Morgan fingerprint density at radius 3 is 2.65 bits per heavy atom. The maximum absolute atomic E-state index is 12.8. The van der Waals surface area contributed by atoms with Crippen LogP contribution in [0, 0.1) is 0 Å². The Morgan fingerprint density at radius 1 is 1.00 bits per heavy atom. The molecule has 3 amide bonds. The Hall–Kier alpha value is -2.24. The van der Waals surface area contributed by atoms with Gasteiger partial charge < -0.3 is 20.3 Å². The molecule has 2 atom stereocenters. The van der Waals surface area contributed by atoms with Crippen molar-refractivity contribution in [1.82, 2.24) is 15.5 Å². The number of carbonyl (C=O) groups excluding carboxylic acids is 2. The van der Waals surface area contributed by atoms with Crippen molar-refractivity contribution < 1.29 is 14.3 Å². The molecule has 2 fully saturated rings. The van der Waals surface area contributed by atoms with Crippen LogP contribution in [0.1, 0.15) is 56.6 Å². The number of nitrogens with one attached hydrogen (secondary N) is 2. The Bertz CT molecular complexity index is 672. The zero-order valence-corrected chi connectivity index (χ0v) is 15.1. The molecule has 6 heteroatoms. The molecule has 1 aliphatic carbocycles. The van der Waals surface area contributed by atoms with E-state index in [2.05, 4.69) is 10.6 Å². The summed E-state index contributed by atoms with van der Waals surface area (Å²) >= 11 is 0. The zero-order valence-electron chi connectivity index (χ0n) is 15.1. The Labute approximate surface area is 154 Å². The molecule has 2 N–H and O–H groups in total. The summed E-state index contributed by atoms with van der Waals surface area (Å²) in [5.41, 5.74) is 1.01. The summed E-state index contributed by atoms with van der Waals surface area (Å²) in [5, 5.41) is 6.22. The Morgan fingerprint density at radius 2 is 1.81 bits per heavy atom. The molecule has 0 unspecified atom stereocenters. The number of urea groups is 1. The number of amides is 3. The third kappa shape index (κ3) is 3.50. The highest BCUT2D eigenvalue weighted by atomic mass is 16.5. The van der Waals surface area contributed by atoms with Crippen LogP contribution in [0.2, 0.25) is 0 Å². The lowest BCUT2D eigenvalue weighted by atomic mass is 9.96. The zero-order chi connectivity index (χ0) is 17.9. The molecule has 140 valence electrons. The van der Waals surface area contributed by atoms with Crippen LogP contribution in [0.5, 0.6) is 5.75 Å². The summed E-state index contributed by atoms with van der Waals surface area (Å²) in [4.78, 5) is 27.2. The van der Waals surface area contributed by atoms with E-state index in [1.165, 1.54) is 19.3 Å². The standard InChI is InChI=1S/C20H27N3O3/c24-19(22-16-13-26-18-11-5-4-9-15(16)18)17-10-6-12-23(17)20(25)21-14-7-2-1-3-8-14/h4-5,9,11,14,16-17H,1-3,6-8,10,12-13H2,(H,21,25)(H,22,24)/t16-,17+/m0/s1. The van der Waals surface area contributed by atoms with Crippen LogP contribution in [-0.2, 0) is 4.79 Å². The van der Waals surface area contributed by atoms with E-state index in [9.17, 15) is 9.59 Å². The Kier molecular flexibility index (Phi) is 5.00. The predicted molar refractivity (Wildman–Crippen MR) is 98.0 cm³/mol. The third-order valence-electron chi connectivity index (χ3n) is 5.77. The van der Waals surface area contributed by atoms with Crippen molar-refractivity contribution in [2.75, 3.05) is 13.2 Å². The normalized spacial score (nSPS) is 25.5. The quantitative estimate of drug-likeness (QED) is 0.874. The fourth-order valence-corrected chi connectivity index (χ4v) is 4.34. The monoisotopic (exact) mass is 357 g/mol. The van der Waals surface area contributed by atoms with Crippen molar-refractivity contribution in [3.63, 3.8) is 0 Å².